The molecule has 2 aliphatic rings. The average molecular weight is 256 g/mol. The minimum Gasteiger partial charge on any atom is -0.271 e. The molecule has 3 nitrogen and oxygen atoms in total. The van der Waals surface area contributed by atoms with Gasteiger partial charge in [-0.15, -0.1) is 0 Å². The Kier molecular flexibility index (Phi) is 3.13. The van der Waals surface area contributed by atoms with E-state index in [-0.39, 0.29) is 11.3 Å². The molecule has 0 bridgehead atoms. The molecule has 1 aliphatic heterocycles. The van der Waals surface area contributed by atoms with E-state index in [1.165, 1.54) is 6.42 Å². The molecule has 1 aromatic carbocycles. The first-order chi connectivity index (χ1) is 9.28. The number of amides is 1. The molecule has 1 saturated carbocycles. The fourth-order valence-electron chi connectivity index (χ4n) is 3.40. The molecule has 1 heterocycles. The molecule has 0 unspecified atom stereocenters. The number of hydrogen-bond donors (Lipinski definition) is 0. The molecule has 100 valence electrons. The van der Waals surface area contributed by atoms with E-state index >= 15 is 0 Å². The molecule has 0 saturated heterocycles. The van der Waals surface area contributed by atoms with Crippen LogP contribution in [0.4, 0.5) is 5.69 Å². The molecule has 1 aromatic rings. The van der Waals surface area contributed by atoms with Crippen LogP contribution in [0.5, 0.6) is 0 Å². The third-order valence-electron chi connectivity index (χ3n) is 4.42. The summed E-state index contributed by atoms with van der Waals surface area (Å²) in [5.74, 6) is 0.190. The number of para-hydroxylation sites is 1. The molecular weight excluding hydrogens is 236 g/mol. The summed E-state index contributed by atoms with van der Waals surface area (Å²) in [6.45, 7) is 2.11. The highest BCUT2D eigenvalue weighted by atomic mass is 16.2. The smallest absolute Gasteiger partial charge is 0.259 e. The zero-order valence-corrected chi connectivity index (χ0v) is 11.4. The molecule has 0 radical (unpaired) electrons. The van der Waals surface area contributed by atoms with Crippen molar-refractivity contribution >= 4 is 17.3 Å². The molecule has 1 amide bonds. The summed E-state index contributed by atoms with van der Waals surface area (Å²) in [5, 5.41) is 6.26. The van der Waals surface area contributed by atoms with Gasteiger partial charge in [0.15, 0.2) is 0 Å². The SMILES string of the molecule is CCC1=NN(c2ccccc2)C(=O)C12CCCCC2. The minimum atomic E-state index is -0.289. The normalized spacial score (nSPS) is 21.8. The molecule has 0 aromatic heterocycles. The van der Waals surface area contributed by atoms with E-state index in [0.29, 0.717) is 0 Å². The second-order valence-corrected chi connectivity index (χ2v) is 5.50. The van der Waals surface area contributed by atoms with Gasteiger partial charge in [0.1, 0.15) is 0 Å². The molecule has 1 fully saturated rings. The first-order valence-electron chi connectivity index (χ1n) is 7.25. The Morgan fingerprint density at radius 1 is 1.16 bits per heavy atom. The molecule has 1 aliphatic carbocycles. The fraction of sp³-hybridized carbons (Fsp3) is 0.500. The number of anilines is 1. The van der Waals surface area contributed by atoms with Crippen LogP contribution in [0.1, 0.15) is 45.4 Å². The second kappa shape index (κ2) is 4.80. The third-order valence-corrected chi connectivity index (χ3v) is 4.42. The molecule has 3 heteroatoms. The topological polar surface area (TPSA) is 32.7 Å². The Labute approximate surface area is 114 Å². The van der Waals surface area contributed by atoms with Crippen molar-refractivity contribution in [1.29, 1.82) is 0 Å². The zero-order chi connectivity index (χ0) is 13.3. The van der Waals surface area contributed by atoms with Crippen LogP contribution in [0.25, 0.3) is 0 Å². The number of hydrogen-bond acceptors (Lipinski definition) is 2. The summed E-state index contributed by atoms with van der Waals surface area (Å²) < 4.78 is 0. The monoisotopic (exact) mass is 256 g/mol. The molecule has 1 spiro atoms. The Bertz CT molecular complexity index is 501. The lowest BCUT2D eigenvalue weighted by Gasteiger charge is -2.32. The van der Waals surface area contributed by atoms with Gasteiger partial charge in [0.2, 0.25) is 0 Å². The Hall–Kier alpha value is -1.64. The first kappa shape index (κ1) is 12.4. The summed E-state index contributed by atoms with van der Waals surface area (Å²) in [7, 11) is 0. The van der Waals surface area contributed by atoms with Crippen LogP contribution in [0, 0.1) is 5.41 Å². The van der Waals surface area contributed by atoms with Crippen molar-refractivity contribution in [3.8, 4) is 0 Å². The third kappa shape index (κ3) is 1.88. The summed E-state index contributed by atoms with van der Waals surface area (Å²) in [6.07, 6.45) is 6.36. The quantitative estimate of drug-likeness (QED) is 0.793. The summed E-state index contributed by atoms with van der Waals surface area (Å²) in [5.41, 5.74) is 1.69. The standard InChI is InChI=1S/C16H20N2O/c1-2-14-16(11-7-4-8-12-16)15(19)18(17-14)13-9-5-3-6-10-13/h3,5-6,9-10H,2,4,7-8,11-12H2,1H3. The van der Waals surface area contributed by atoms with Crippen molar-refractivity contribution in [2.24, 2.45) is 10.5 Å². The lowest BCUT2D eigenvalue weighted by atomic mass is 9.70. The first-order valence-corrected chi connectivity index (χ1v) is 7.25. The molecule has 19 heavy (non-hydrogen) atoms. The van der Waals surface area contributed by atoms with E-state index in [2.05, 4.69) is 12.0 Å². The van der Waals surface area contributed by atoms with E-state index in [1.54, 1.807) is 5.01 Å². The average Bonchev–Trinajstić information content (AvgIpc) is 2.74. The maximum absolute atomic E-state index is 12.9. The van der Waals surface area contributed by atoms with E-state index < -0.39 is 0 Å². The van der Waals surface area contributed by atoms with Crippen LogP contribution >= 0.6 is 0 Å². The van der Waals surface area contributed by atoms with Crippen molar-refractivity contribution in [2.75, 3.05) is 5.01 Å². The van der Waals surface area contributed by atoms with Gasteiger partial charge in [0.05, 0.1) is 16.8 Å². The van der Waals surface area contributed by atoms with Crippen LogP contribution in [0.2, 0.25) is 0 Å². The number of hydrazone groups is 1. The van der Waals surface area contributed by atoms with Crippen molar-refractivity contribution < 1.29 is 4.79 Å². The number of nitrogens with zero attached hydrogens (tertiary/aromatic N) is 2. The van der Waals surface area contributed by atoms with Gasteiger partial charge in [0, 0.05) is 0 Å². The summed E-state index contributed by atoms with van der Waals surface area (Å²) in [6, 6.07) is 9.78. The maximum atomic E-state index is 12.9. The van der Waals surface area contributed by atoms with Gasteiger partial charge in [-0.2, -0.15) is 10.1 Å². The Morgan fingerprint density at radius 2 is 1.84 bits per heavy atom. The van der Waals surface area contributed by atoms with E-state index in [4.69, 9.17) is 0 Å². The van der Waals surface area contributed by atoms with Gasteiger partial charge < -0.3 is 0 Å². The largest absolute Gasteiger partial charge is 0.271 e. The maximum Gasteiger partial charge on any atom is 0.259 e. The molecule has 3 rings (SSSR count). The lowest BCUT2D eigenvalue weighted by Crippen LogP contribution is -2.41. The lowest BCUT2D eigenvalue weighted by molar-refractivity contribution is -0.125. The van der Waals surface area contributed by atoms with Crippen LogP contribution in [-0.2, 0) is 4.79 Å². The predicted octanol–water partition coefficient (Wildman–Crippen LogP) is 3.75. The van der Waals surface area contributed by atoms with Crippen LogP contribution in [-0.4, -0.2) is 11.6 Å². The Balaban J connectivity index is 1.98. The van der Waals surface area contributed by atoms with Crippen LogP contribution in [0.3, 0.4) is 0 Å². The minimum absolute atomic E-state index is 0.190. The van der Waals surface area contributed by atoms with Gasteiger partial charge in [-0.3, -0.25) is 4.79 Å². The van der Waals surface area contributed by atoms with Crippen LogP contribution < -0.4 is 5.01 Å². The molecule has 0 atom stereocenters. The highest BCUT2D eigenvalue weighted by molar-refractivity contribution is 6.19. The van der Waals surface area contributed by atoms with Crippen LogP contribution in [0.15, 0.2) is 35.4 Å². The highest BCUT2D eigenvalue weighted by Gasteiger charge is 2.50. The molecule has 0 N–H and O–H groups in total. The highest BCUT2D eigenvalue weighted by Crippen LogP contribution is 2.44. The van der Waals surface area contributed by atoms with Crippen molar-refractivity contribution in [2.45, 2.75) is 45.4 Å². The Morgan fingerprint density at radius 3 is 2.47 bits per heavy atom. The van der Waals surface area contributed by atoms with Crippen molar-refractivity contribution in [1.82, 2.24) is 0 Å². The number of carbonyl (C=O) groups is 1. The van der Waals surface area contributed by atoms with Crippen molar-refractivity contribution in [3.05, 3.63) is 30.3 Å². The number of rotatable bonds is 2. The zero-order valence-electron chi connectivity index (χ0n) is 11.4. The van der Waals surface area contributed by atoms with E-state index in [0.717, 1.165) is 43.5 Å². The van der Waals surface area contributed by atoms with Gasteiger partial charge >= 0.3 is 0 Å². The number of benzene rings is 1. The molecular formula is C16H20N2O. The van der Waals surface area contributed by atoms with Gasteiger partial charge in [-0.25, -0.2) is 0 Å². The second-order valence-electron chi connectivity index (χ2n) is 5.50. The van der Waals surface area contributed by atoms with E-state index in [1.807, 2.05) is 30.3 Å². The van der Waals surface area contributed by atoms with Gasteiger partial charge in [0.25, 0.3) is 5.91 Å². The van der Waals surface area contributed by atoms with E-state index in [9.17, 15) is 4.79 Å². The van der Waals surface area contributed by atoms with Crippen molar-refractivity contribution in [3.63, 3.8) is 0 Å². The van der Waals surface area contributed by atoms with Gasteiger partial charge in [-0.1, -0.05) is 44.4 Å². The summed E-state index contributed by atoms with van der Waals surface area (Å²) >= 11 is 0. The number of carbonyl (C=O) groups excluding carboxylic acids is 1. The summed E-state index contributed by atoms with van der Waals surface area (Å²) in [4.78, 5) is 12.9. The fourth-order valence-corrected chi connectivity index (χ4v) is 3.40. The van der Waals surface area contributed by atoms with Gasteiger partial charge in [-0.05, 0) is 31.4 Å². The predicted molar refractivity (Wildman–Crippen MR) is 77.2 cm³/mol.